The first-order valence-electron chi connectivity index (χ1n) is 13.0. The van der Waals surface area contributed by atoms with Crippen LogP contribution in [-0.4, -0.2) is 90.5 Å². The Morgan fingerprint density at radius 3 is 1.98 bits per heavy atom. The molecule has 11 heteroatoms. The van der Waals surface area contributed by atoms with E-state index < -0.39 is 36.4 Å². The van der Waals surface area contributed by atoms with Gasteiger partial charge in [0.15, 0.2) is 5.60 Å². The lowest BCUT2D eigenvalue weighted by molar-refractivity contribution is -0.170. The number of benzene rings is 2. The number of carboxylic acid groups (broad SMARTS) is 3. The highest BCUT2D eigenvalue weighted by Gasteiger charge is 2.40. The van der Waals surface area contributed by atoms with Gasteiger partial charge >= 0.3 is 17.9 Å². The largest absolute Gasteiger partial charge is 0.481 e. The normalized spacial score (nSPS) is 11.6. The van der Waals surface area contributed by atoms with Crippen molar-refractivity contribution < 1.29 is 34.8 Å². The lowest BCUT2D eigenvalue weighted by Gasteiger charge is -2.24. The van der Waals surface area contributed by atoms with E-state index in [-0.39, 0.29) is 0 Å². The van der Waals surface area contributed by atoms with Gasteiger partial charge in [0.2, 0.25) is 0 Å². The zero-order chi connectivity index (χ0) is 30.2. The Morgan fingerprint density at radius 1 is 0.805 bits per heavy atom. The number of rotatable bonds is 12. The van der Waals surface area contributed by atoms with E-state index in [1.165, 1.54) is 32.9 Å². The van der Waals surface area contributed by atoms with Crippen LogP contribution >= 0.6 is 0 Å². The van der Waals surface area contributed by atoms with Crippen molar-refractivity contribution in [3.8, 4) is 0 Å². The molecule has 0 aliphatic rings. The van der Waals surface area contributed by atoms with E-state index in [4.69, 9.17) is 20.4 Å². The minimum absolute atomic E-state index is 0.934. The highest BCUT2D eigenvalue weighted by atomic mass is 16.4. The molecule has 0 unspecified atom stereocenters. The number of carboxylic acids is 3. The van der Waals surface area contributed by atoms with Crippen LogP contribution in [0.1, 0.15) is 24.0 Å². The number of carbonyl (C=O) groups is 3. The Bertz CT molecular complexity index is 1490. The molecule has 2 heterocycles. The fraction of sp³-hybridized carbons (Fsp3) is 0.333. The van der Waals surface area contributed by atoms with Gasteiger partial charge in [0, 0.05) is 67.4 Å². The summed E-state index contributed by atoms with van der Waals surface area (Å²) in [5.41, 5.74) is 2.51. The first-order chi connectivity index (χ1) is 19.4. The molecule has 0 atom stereocenters. The second-order valence-electron chi connectivity index (χ2n) is 10.3. The zero-order valence-corrected chi connectivity index (χ0v) is 23.4. The van der Waals surface area contributed by atoms with E-state index in [9.17, 15) is 14.4 Å². The summed E-state index contributed by atoms with van der Waals surface area (Å²) in [6, 6.07) is 19.8. The first-order valence-corrected chi connectivity index (χ1v) is 13.0. The number of hydrogen-bond donors (Lipinski definition) is 4. The van der Waals surface area contributed by atoms with Crippen LogP contribution in [0, 0.1) is 0 Å². The van der Waals surface area contributed by atoms with Gasteiger partial charge in [-0.1, -0.05) is 30.3 Å². The molecule has 218 valence electrons. The van der Waals surface area contributed by atoms with Gasteiger partial charge < -0.3 is 29.9 Å². The van der Waals surface area contributed by atoms with Crippen LogP contribution in [0.4, 0.5) is 0 Å². The molecule has 2 aromatic heterocycles. The summed E-state index contributed by atoms with van der Waals surface area (Å²) in [4.78, 5) is 39.4. The summed E-state index contributed by atoms with van der Waals surface area (Å²) in [5, 5.41) is 36.5. The van der Waals surface area contributed by atoms with Crippen LogP contribution in [0.2, 0.25) is 0 Å². The Labute approximate surface area is 237 Å². The van der Waals surface area contributed by atoms with Crippen molar-refractivity contribution in [2.45, 2.75) is 31.5 Å². The second-order valence-corrected chi connectivity index (χ2v) is 10.3. The molecule has 0 spiro atoms. The fourth-order valence-electron chi connectivity index (χ4n) is 4.58. The summed E-state index contributed by atoms with van der Waals surface area (Å²) in [5.74, 6) is -5.02. The summed E-state index contributed by atoms with van der Waals surface area (Å²) < 4.78 is 2.31. The molecule has 0 aliphatic carbocycles. The lowest BCUT2D eigenvalue weighted by Crippen LogP contribution is -2.42. The van der Waals surface area contributed by atoms with E-state index in [0.29, 0.717) is 0 Å². The smallest absolute Gasteiger partial charge is 0.336 e. The predicted molar refractivity (Wildman–Crippen MR) is 154 cm³/mol. The second kappa shape index (κ2) is 13.8. The maximum absolute atomic E-state index is 10.3. The molecule has 0 fully saturated rings. The maximum atomic E-state index is 10.3. The average molecular weight is 565 g/mol. The minimum atomic E-state index is -2.74. The molecule has 0 saturated carbocycles. The number of aryl methyl sites for hydroxylation is 1. The average Bonchev–Trinajstić information content (AvgIpc) is 3.18. The number of aliphatic carboxylic acids is 3. The molecular weight excluding hydrogens is 528 g/mol. The van der Waals surface area contributed by atoms with Crippen LogP contribution < -0.4 is 0 Å². The molecule has 4 aromatic rings. The van der Waals surface area contributed by atoms with Crippen molar-refractivity contribution in [3.63, 3.8) is 0 Å². The highest BCUT2D eigenvalue weighted by Crippen LogP contribution is 2.29. The molecule has 41 heavy (non-hydrogen) atoms. The third kappa shape index (κ3) is 8.58. The molecule has 0 saturated heterocycles. The number of fused-ring (bicyclic) bond motifs is 3. The van der Waals surface area contributed by atoms with Gasteiger partial charge in [-0.05, 0) is 49.5 Å². The molecular formula is C30H36N4O7. The molecule has 0 radical (unpaired) electrons. The number of likely N-dealkylation sites (N-methyl/N-ethyl adjacent to an activating group) is 1. The van der Waals surface area contributed by atoms with Crippen LogP contribution in [0.3, 0.4) is 0 Å². The van der Waals surface area contributed by atoms with E-state index in [1.807, 2.05) is 12.4 Å². The molecule has 4 N–H and O–H groups in total. The monoisotopic (exact) mass is 564 g/mol. The van der Waals surface area contributed by atoms with Crippen LogP contribution in [0.15, 0.2) is 67.0 Å². The van der Waals surface area contributed by atoms with E-state index in [0.717, 1.165) is 26.2 Å². The Kier molecular flexibility index (Phi) is 10.5. The molecule has 0 bridgehead atoms. The Hall–Kier alpha value is -4.32. The zero-order valence-electron chi connectivity index (χ0n) is 23.4. The van der Waals surface area contributed by atoms with Crippen LogP contribution in [0.5, 0.6) is 0 Å². The van der Waals surface area contributed by atoms with Gasteiger partial charge in [-0.3, -0.25) is 19.5 Å². The molecule has 0 aliphatic heterocycles. The predicted octanol–water partition coefficient (Wildman–Crippen LogP) is 3.04. The van der Waals surface area contributed by atoms with Crippen molar-refractivity contribution in [1.82, 2.24) is 19.4 Å². The quantitative estimate of drug-likeness (QED) is 0.202. The summed E-state index contributed by atoms with van der Waals surface area (Å²) in [7, 11) is 6.42. The fourth-order valence-corrected chi connectivity index (χ4v) is 4.58. The third-order valence-electron chi connectivity index (χ3n) is 6.69. The Morgan fingerprint density at radius 2 is 1.39 bits per heavy atom. The number of aliphatic hydroxyl groups is 1. The van der Waals surface area contributed by atoms with Crippen molar-refractivity contribution >= 4 is 39.7 Å². The molecule has 0 amide bonds. The van der Waals surface area contributed by atoms with Gasteiger partial charge in [-0.2, -0.15) is 0 Å². The molecule has 4 rings (SSSR count). The van der Waals surface area contributed by atoms with Crippen molar-refractivity contribution in [1.29, 1.82) is 0 Å². The van der Waals surface area contributed by atoms with Crippen molar-refractivity contribution in [2.75, 3.05) is 27.2 Å². The molecule has 2 aromatic carbocycles. The van der Waals surface area contributed by atoms with Gasteiger partial charge in [0.05, 0.1) is 12.8 Å². The maximum Gasteiger partial charge on any atom is 0.336 e. The molecule has 11 nitrogen and oxygen atoms in total. The minimum Gasteiger partial charge on any atom is -0.481 e. The standard InChI is InChI=1S/C24H28N4.C6H8O7/c1-26(2)14-15-28(17-19-10-12-25-13-11-19)18-20-8-9-22-21-6-4-5-7-23(21)27(3)24(22)16-20;7-3(8)1-6(13,5(11)12)2-4(9)10/h4-13,16H,14-15,17-18H2,1-3H3;13H,1-2H2,(H,7,8)(H,9,10)(H,11,12). The van der Waals surface area contributed by atoms with E-state index >= 15 is 0 Å². The van der Waals surface area contributed by atoms with Gasteiger partial charge in [-0.25, -0.2) is 4.79 Å². The topological polar surface area (TPSA) is 156 Å². The van der Waals surface area contributed by atoms with Crippen molar-refractivity contribution in [3.05, 3.63) is 78.1 Å². The summed E-state index contributed by atoms with van der Waals surface area (Å²) in [6.45, 7) is 3.95. The lowest BCUT2D eigenvalue weighted by atomic mass is 9.96. The van der Waals surface area contributed by atoms with Gasteiger partial charge in [0.25, 0.3) is 0 Å². The van der Waals surface area contributed by atoms with E-state index in [2.05, 4.69) is 95.1 Å². The van der Waals surface area contributed by atoms with Gasteiger partial charge in [0.1, 0.15) is 0 Å². The van der Waals surface area contributed by atoms with E-state index in [1.54, 1.807) is 0 Å². The highest BCUT2D eigenvalue weighted by molar-refractivity contribution is 6.08. The van der Waals surface area contributed by atoms with Gasteiger partial charge in [-0.15, -0.1) is 0 Å². The van der Waals surface area contributed by atoms with Crippen LogP contribution in [0.25, 0.3) is 21.8 Å². The van der Waals surface area contributed by atoms with Crippen molar-refractivity contribution in [2.24, 2.45) is 7.05 Å². The number of hydrogen-bond acceptors (Lipinski definition) is 7. The van der Waals surface area contributed by atoms with Crippen LogP contribution in [-0.2, 0) is 34.5 Å². The number of aromatic nitrogens is 2. The summed E-state index contributed by atoms with van der Waals surface area (Å²) >= 11 is 0. The third-order valence-corrected chi connectivity index (χ3v) is 6.69. The number of nitrogens with zero attached hydrogens (tertiary/aromatic N) is 4. The number of pyridine rings is 1. The SMILES string of the molecule is CN(C)CCN(Cc1ccncc1)Cc1ccc2c3ccccc3n(C)c2c1.O=C(O)CC(O)(CC(=O)O)C(=O)O. The Balaban J connectivity index is 0.000000302. The first kappa shape index (κ1) is 31.2. The summed E-state index contributed by atoms with van der Waals surface area (Å²) in [6.07, 6.45) is 1.46. The number of para-hydroxylation sites is 1.